The number of aromatic nitrogens is 2. The molecule has 9 heteroatoms. The van der Waals surface area contributed by atoms with Crippen molar-refractivity contribution >= 4 is 23.2 Å². The van der Waals surface area contributed by atoms with E-state index in [1.165, 1.54) is 28.2 Å². The zero-order valence-corrected chi connectivity index (χ0v) is 17.7. The van der Waals surface area contributed by atoms with E-state index in [0.717, 1.165) is 0 Å². The van der Waals surface area contributed by atoms with Crippen molar-refractivity contribution in [2.45, 2.75) is 6.54 Å². The van der Waals surface area contributed by atoms with Crippen LogP contribution in [0.15, 0.2) is 64.8 Å². The van der Waals surface area contributed by atoms with Crippen molar-refractivity contribution in [2.75, 3.05) is 32.8 Å². The van der Waals surface area contributed by atoms with E-state index in [0.29, 0.717) is 36.8 Å². The van der Waals surface area contributed by atoms with Crippen molar-refractivity contribution in [3.05, 3.63) is 80.9 Å². The van der Waals surface area contributed by atoms with Crippen molar-refractivity contribution in [3.63, 3.8) is 0 Å². The summed E-state index contributed by atoms with van der Waals surface area (Å²) in [5.74, 6) is 0.450. The van der Waals surface area contributed by atoms with Crippen LogP contribution >= 0.6 is 11.3 Å². The van der Waals surface area contributed by atoms with E-state index in [4.69, 9.17) is 4.74 Å². The Morgan fingerprint density at radius 1 is 0.903 bits per heavy atom. The summed E-state index contributed by atoms with van der Waals surface area (Å²) in [6.45, 7) is 2.28. The van der Waals surface area contributed by atoms with Gasteiger partial charge in [0.15, 0.2) is 0 Å². The number of para-hydroxylation sites is 1. The molecule has 31 heavy (non-hydrogen) atoms. The molecule has 160 valence electrons. The number of carbonyl (C=O) groups is 2. The van der Waals surface area contributed by atoms with Gasteiger partial charge in [-0.2, -0.15) is 5.10 Å². The molecule has 2 aromatic heterocycles. The number of thiophene rings is 1. The molecule has 8 nitrogen and oxygen atoms in total. The van der Waals surface area contributed by atoms with Gasteiger partial charge >= 0.3 is 0 Å². The number of ether oxygens (including phenoxy) is 1. The third-order valence-electron chi connectivity index (χ3n) is 4.99. The molecule has 0 unspecified atom stereocenters. The largest absolute Gasteiger partial charge is 0.492 e. The molecule has 1 saturated heterocycles. The molecule has 2 amide bonds. The minimum atomic E-state index is -0.292. The number of hydrogen-bond donors (Lipinski definition) is 0. The summed E-state index contributed by atoms with van der Waals surface area (Å²) < 4.78 is 6.86. The average molecular weight is 439 g/mol. The molecule has 0 bridgehead atoms. The summed E-state index contributed by atoms with van der Waals surface area (Å²) in [7, 11) is 0. The van der Waals surface area contributed by atoms with Crippen molar-refractivity contribution in [1.29, 1.82) is 0 Å². The Hall–Kier alpha value is -3.46. The van der Waals surface area contributed by atoms with Crippen LogP contribution in [0.3, 0.4) is 0 Å². The normalized spacial score (nSPS) is 13.8. The second kappa shape index (κ2) is 9.57. The molecule has 0 N–H and O–H groups in total. The van der Waals surface area contributed by atoms with Gasteiger partial charge in [-0.15, -0.1) is 11.3 Å². The molecule has 0 radical (unpaired) electrons. The number of piperazine rings is 1. The number of carbonyl (C=O) groups excluding carboxylic acids is 2. The zero-order chi connectivity index (χ0) is 21.6. The summed E-state index contributed by atoms with van der Waals surface area (Å²) >= 11 is 1.41. The summed E-state index contributed by atoms with van der Waals surface area (Å²) in [5.41, 5.74) is -0.0862. The molecule has 0 atom stereocenters. The van der Waals surface area contributed by atoms with Gasteiger partial charge in [0.05, 0.1) is 11.4 Å². The topological polar surface area (TPSA) is 84.7 Å². The Bertz CT molecular complexity index is 1090. The second-order valence-corrected chi connectivity index (χ2v) is 7.95. The number of amides is 2. The predicted octanol–water partition coefficient (Wildman–Crippen LogP) is 1.98. The molecular formula is C22H22N4O4S. The molecule has 0 aliphatic carbocycles. The monoisotopic (exact) mass is 438 g/mol. The average Bonchev–Trinajstić information content (AvgIpc) is 3.35. The van der Waals surface area contributed by atoms with Gasteiger partial charge in [0.2, 0.25) is 0 Å². The standard InChI is InChI=1S/C22H22N4O4S/c27-20-9-8-18(23-26(20)14-15-30-17-5-2-1-3-6-17)21(28)24-10-12-25(13-11-24)22(29)19-7-4-16-31-19/h1-9,16H,10-15H2. The quantitative estimate of drug-likeness (QED) is 0.588. The van der Waals surface area contributed by atoms with E-state index >= 15 is 0 Å². The van der Waals surface area contributed by atoms with Crippen molar-refractivity contribution in [3.8, 4) is 5.75 Å². The second-order valence-electron chi connectivity index (χ2n) is 7.00. The van der Waals surface area contributed by atoms with Crippen LogP contribution < -0.4 is 10.3 Å². The molecule has 1 aliphatic heterocycles. The van der Waals surface area contributed by atoms with E-state index in [1.807, 2.05) is 41.8 Å². The SMILES string of the molecule is O=C(c1ccc(=O)n(CCOc2ccccc2)n1)N1CCN(C(=O)c2cccs2)CC1. The number of rotatable bonds is 6. The lowest BCUT2D eigenvalue weighted by atomic mass is 10.2. The Labute approximate surface area is 183 Å². The third kappa shape index (κ3) is 5.00. The fraction of sp³-hybridized carbons (Fsp3) is 0.273. The fourth-order valence-corrected chi connectivity index (χ4v) is 4.01. The van der Waals surface area contributed by atoms with Crippen molar-refractivity contribution in [2.24, 2.45) is 0 Å². The molecule has 3 heterocycles. The van der Waals surface area contributed by atoms with Gasteiger partial charge in [0, 0.05) is 32.2 Å². The first-order valence-corrected chi connectivity index (χ1v) is 10.9. The Morgan fingerprint density at radius 3 is 2.29 bits per heavy atom. The molecule has 1 aromatic carbocycles. The summed E-state index contributed by atoms with van der Waals surface area (Å²) in [6.07, 6.45) is 0. The molecular weight excluding hydrogens is 416 g/mol. The highest BCUT2D eigenvalue weighted by molar-refractivity contribution is 7.12. The van der Waals surface area contributed by atoms with Gasteiger partial charge < -0.3 is 14.5 Å². The number of benzene rings is 1. The first-order chi connectivity index (χ1) is 15.1. The molecule has 1 fully saturated rings. The molecule has 0 saturated carbocycles. The van der Waals surface area contributed by atoms with Gasteiger partial charge in [-0.3, -0.25) is 14.4 Å². The maximum Gasteiger partial charge on any atom is 0.274 e. The van der Waals surface area contributed by atoms with E-state index in [2.05, 4.69) is 5.10 Å². The lowest BCUT2D eigenvalue weighted by Crippen LogP contribution is -2.50. The first-order valence-electron chi connectivity index (χ1n) is 10.00. The van der Waals surface area contributed by atoms with Gasteiger partial charge in [0.25, 0.3) is 17.4 Å². The minimum absolute atomic E-state index is 0.00723. The lowest BCUT2D eigenvalue weighted by molar-refractivity contribution is 0.0533. The Balaban J connectivity index is 1.35. The maximum atomic E-state index is 12.9. The van der Waals surface area contributed by atoms with Crippen LogP contribution in [0.5, 0.6) is 5.75 Å². The molecule has 3 aromatic rings. The van der Waals surface area contributed by atoms with Gasteiger partial charge in [-0.1, -0.05) is 24.3 Å². The van der Waals surface area contributed by atoms with Crippen LogP contribution in [0, 0.1) is 0 Å². The third-order valence-corrected chi connectivity index (χ3v) is 5.84. The van der Waals surface area contributed by atoms with Crippen LogP contribution in [0.1, 0.15) is 20.2 Å². The highest BCUT2D eigenvalue weighted by Crippen LogP contribution is 2.14. The van der Waals surface area contributed by atoms with Gasteiger partial charge in [-0.05, 0) is 29.6 Å². The fourth-order valence-electron chi connectivity index (χ4n) is 3.32. The van der Waals surface area contributed by atoms with Gasteiger partial charge in [-0.25, -0.2) is 4.68 Å². The van der Waals surface area contributed by atoms with Crippen LogP contribution in [0.4, 0.5) is 0 Å². The molecule has 4 rings (SSSR count). The maximum absolute atomic E-state index is 12.9. The summed E-state index contributed by atoms with van der Waals surface area (Å²) in [6, 6.07) is 15.7. The van der Waals surface area contributed by atoms with Crippen LogP contribution in [0.2, 0.25) is 0 Å². The predicted molar refractivity (Wildman–Crippen MR) is 117 cm³/mol. The van der Waals surface area contributed by atoms with Crippen LogP contribution in [-0.2, 0) is 6.54 Å². The summed E-state index contributed by atoms with van der Waals surface area (Å²) in [5, 5.41) is 6.10. The van der Waals surface area contributed by atoms with E-state index in [1.54, 1.807) is 15.9 Å². The van der Waals surface area contributed by atoms with Crippen LogP contribution in [-0.4, -0.2) is 64.2 Å². The highest BCUT2D eigenvalue weighted by atomic mass is 32.1. The molecule has 0 spiro atoms. The smallest absolute Gasteiger partial charge is 0.274 e. The zero-order valence-electron chi connectivity index (χ0n) is 16.8. The van der Waals surface area contributed by atoms with E-state index in [9.17, 15) is 14.4 Å². The number of hydrogen-bond acceptors (Lipinski definition) is 6. The molecule has 1 aliphatic rings. The van der Waals surface area contributed by atoms with Crippen LogP contribution in [0.25, 0.3) is 0 Å². The highest BCUT2D eigenvalue weighted by Gasteiger charge is 2.26. The summed E-state index contributed by atoms with van der Waals surface area (Å²) in [4.78, 5) is 41.6. The van der Waals surface area contributed by atoms with Crippen molar-refractivity contribution in [1.82, 2.24) is 19.6 Å². The Morgan fingerprint density at radius 2 is 1.61 bits per heavy atom. The lowest BCUT2D eigenvalue weighted by Gasteiger charge is -2.34. The van der Waals surface area contributed by atoms with E-state index in [-0.39, 0.29) is 36.2 Å². The van der Waals surface area contributed by atoms with Gasteiger partial charge in [0.1, 0.15) is 18.1 Å². The number of nitrogens with zero attached hydrogens (tertiary/aromatic N) is 4. The minimum Gasteiger partial charge on any atom is -0.492 e. The van der Waals surface area contributed by atoms with Crippen molar-refractivity contribution < 1.29 is 14.3 Å². The van der Waals surface area contributed by atoms with E-state index < -0.39 is 0 Å². The first kappa shape index (κ1) is 20.8. The Kier molecular flexibility index (Phi) is 6.42.